The molecule has 0 amide bonds. The first-order valence-corrected chi connectivity index (χ1v) is 12.4. The Kier molecular flexibility index (Phi) is 3.40. The van der Waals surface area contributed by atoms with E-state index in [0.717, 1.165) is 55.1 Å². The van der Waals surface area contributed by atoms with E-state index in [1.807, 2.05) is 42.5 Å². The molecule has 0 saturated carbocycles. The minimum Gasteiger partial charge on any atom is -0.439 e. The zero-order valence-electron chi connectivity index (χ0n) is 19.6. The van der Waals surface area contributed by atoms with E-state index in [-0.39, 0.29) is 5.78 Å². The molecule has 0 radical (unpaired) electrons. The molecule has 4 heteroatoms. The Morgan fingerprint density at radius 3 is 2.35 bits per heavy atom. The van der Waals surface area contributed by atoms with Gasteiger partial charge in [0.2, 0.25) is 5.88 Å². The van der Waals surface area contributed by atoms with E-state index in [1.165, 1.54) is 10.8 Å². The molecule has 3 aliphatic rings. The second kappa shape index (κ2) is 6.56. The van der Waals surface area contributed by atoms with Crippen molar-refractivity contribution in [2.45, 2.75) is 0 Å². The minimum atomic E-state index is 0.0278. The average Bonchev–Trinajstić information content (AvgIpc) is 3.67. The van der Waals surface area contributed by atoms with E-state index in [2.05, 4.69) is 70.2 Å². The summed E-state index contributed by atoms with van der Waals surface area (Å²) in [5.74, 6) is 1.34. The number of para-hydroxylation sites is 2. The van der Waals surface area contributed by atoms with Crippen LogP contribution in [0.3, 0.4) is 0 Å². The van der Waals surface area contributed by atoms with Gasteiger partial charge in [0.25, 0.3) is 0 Å². The SMILES string of the molecule is O=C1c2cc(-n3c4ccccc4c4cc5c(cc43)[nH]c3ccccc35)oc2-c2cc3cccccc-3c21. The summed E-state index contributed by atoms with van der Waals surface area (Å²) in [6.45, 7) is 0. The fraction of sp³-hybridized carbons (Fsp3) is 0. The summed E-state index contributed by atoms with van der Waals surface area (Å²) in [4.78, 5) is 17.1. The summed E-state index contributed by atoms with van der Waals surface area (Å²) in [6.07, 6.45) is 0. The molecule has 9 rings (SSSR count). The highest BCUT2D eigenvalue weighted by Gasteiger charge is 2.36. The van der Waals surface area contributed by atoms with Crippen molar-refractivity contribution in [2.75, 3.05) is 0 Å². The number of nitrogens with one attached hydrogen (secondary N) is 1. The number of carbonyl (C=O) groups is 1. The molecule has 172 valence electrons. The molecular weight excluding hydrogens is 456 g/mol. The van der Waals surface area contributed by atoms with Gasteiger partial charge in [0, 0.05) is 49.8 Å². The molecule has 1 N–H and O–H groups in total. The molecule has 6 aromatic rings. The maximum Gasteiger partial charge on any atom is 0.205 e. The second-order valence-electron chi connectivity index (χ2n) is 9.81. The van der Waals surface area contributed by atoms with E-state index in [4.69, 9.17) is 4.42 Å². The van der Waals surface area contributed by atoms with Crippen molar-refractivity contribution in [1.29, 1.82) is 0 Å². The highest BCUT2D eigenvalue weighted by molar-refractivity contribution is 6.26. The van der Waals surface area contributed by atoms with Crippen LogP contribution in [0.2, 0.25) is 0 Å². The van der Waals surface area contributed by atoms with E-state index >= 15 is 0 Å². The van der Waals surface area contributed by atoms with Gasteiger partial charge in [0.15, 0.2) is 5.78 Å². The predicted molar refractivity (Wildman–Crippen MR) is 148 cm³/mol. The van der Waals surface area contributed by atoms with Crippen LogP contribution in [0.25, 0.3) is 71.9 Å². The van der Waals surface area contributed by atoms with Crippen LogP contribution in [-0.2, 0) is 0 Å². The molecule has 0 fully saturated rings. The van der Waals surface area contributed by atoms with E-state index in [0.29, 0.717) is 17.2 Å². The number of nitrogens with zero attached hydrogens (tertiary/aromatic N) is 1. The first kappa shape index (κ1) is 19.1. The smallest absolute Gasteiger partial charge is 0.205 e. The van der Waals surface area contributed by atoms with Crippen LogP contribution in [0, 0.1) is 0 Å². The van der Waals surface area contributed by atoms with Gasteiger partial charge in [-0.2, -0.15) is 0 Å². The van der Waals surface area contributed by atoms with E-state index in [9.17, 15) is 4.79 Å². The van der Waals surface area contributed by atoms with Gasteiger partial charge in [0.05, 0.1) is 16.6 Å². The van der Waals surface area contributed by atoms with Crippen LogP contribution in [0.1, 0.15) is 15.9 Å². The zero-order valence-corrected chi connectivity index (χ0v) is 19.6. The number of carbonyl (C=O) groups excluding carboxylic acids is 1. The summed E-state index contributed by atoms with van der Waals surface area (Å²) in [5, 5.41) is 4.72. The molecule has 0 aliphatic heterocycles. The molecule has 4 nitrogen and oxygen atoms in total. The van der Waals surface area contributed by atoms with Gasteiger partial charge >= 0.3 is 0 Å². The molecule has 3 aromatic heterocycles. The van der Waals surface area contributed by atoms with Gasteiger partial charge in [-0.05, 0) is 41.5 Å². The number of furan rings is 1. The van der Waals surface area contributed by atoms with Crippen molar-refractivity contribution in [3.05, 3.63) is 114 Å². The molecular formula is C33H18N2O2. The molecule has 0 saturated heterocycles. The molecule has 0 bridgehead atoms. The Hall–Kier alpha value is -5.09. The third-order valence-corrected chi connectivity index (χ3v) is 7.86. The van der Waals surface area contributed by atoms with Gasteiger partial charge in [-0.1, -0.05) is 66.7 Å². The fourth-order valence-corrected chi connectivity index (χ4v) is 6.25. The summed E-state index contributed by atoms with van der Waals surface area (Å²) < 4.78 is 8.68. The largest absolute Gasteiger partial charge is 0.439 e. The van der Waals surface area contributed by atoms with Crippen molar-refractivity contribution >= 4 is 49.4 Å². The number of ketones is 1. The molecule has 37 heavy (non-hydrogen) atoms. The Labute approximate surface area is 210 Å². The molecule has 0 spiro atoms. The number of aromatic nitrogens is 2. The van der Waals surface area contributed by atoms with Crippen LogP contribution in [0.15, 0.2) is 108 Å². The first-order valence-electron chi connectivity index (χ1n) is 12.4. The number of fused-ring (bicyclic) bond motifs is 11. The Morgan fingerprint density at radius 2 is 1.41 bits per heavy atom. The summed E-state index contributed by atoms with van der Waals surface area (Å²) in [5.41, 5.74) is 8.55. The summed E-state index contributed by atoms with van der Waals surface area (Å²) >= 11 is 0. The average molecular weight is 475 g/mol. The van der Waals surface area contributed by atoms with Crippen molar-refractivity contribution in [3.63, 3.8) is 0 Å². The van der Waals surface area contributed by atoms with E-state index in [1.54, 1.807) is 0 Å². The molecule has 3 heterocycles. The summed E-state index contributed by atoms with van der Waals surface area (Å²) in [7, 11) is 0. The number of H-pyrrole nitrogens is 1. The minimum absolute atomic E-state index is 0.0278. The molecule has 3 aliphatic carbocycles. The van der Waals surface area contributed by atoms with Crippen molar-refractivity contribution in [1.82, 2.24) is 9.55 Å². The lowest BCUT2D eigenvalue weighted by Gasteiger charge is -2.04. The van der Waals surface area contributed by atoms with E-state index < -0.39 is 0 Å². The van der Waals surface area contributed by atoms with Crippen molar-refractivity contribution in [3.8, 4) is 28.3 Å². The molecule has 0 unspecified atom stereocenters. The predicted octanol–water partition coefficient (Wildman–Crippen LogP) is 8.33. The molecule has 0 atom stereocenters. The molecule has 3 aromatic carbocycles. The third-order valence-electron chi connectivity index (χ3n) is 7.86. The number of aromatic amines is 1. The monoisotopic (exact) mass is 474 g/mol. The number of benzene rings is 3. The normalized spacial score (nSPS) is 12.9. The van der Waals surface area contributed by atoms with Gasteiger partial charge in [-0.25, -0.2) is 0 Å². The van der Waals surface area contributed by atoms with Gasteiger partial charge in [0.1, 0.15) is 5.76 Å². The van der Waals surface area contributed by atoms with Gasteiger partial charge < -0.3 is 9.40 Å². The Balaban J connectivity index is 1.35. The van der Waals surface area contributed by atoms with Crippen LogP contribution >= 0.6 is 0 Å². The van der Waals surface area contributed by atoms with Gasteiger partial charge in [-0.15, -0.1) is 0 Å². The van der Waals surface area contributed by atoms with Gasteiger partial charge in [-0.3, -0.25) is 9.36 Å². The number of hydrogen-bond donors (Lipinski definition) is 1. The maximum absolute atomic E-state index is 13.6. The zero-order chi connectivity index (χ0) is 24.2. The lowest BCUT2D eigenvalue weighted by atomic mass is 10.1. The van der Waals surface area contributed by atoms with Crippen LogP contribution in [0.5, 0.6) is 0 Å². The third kappa shape index (κ3) is 2.35. The topological polar surface area (TPSA) is 50.9 Å². The first-order chi connectivity index (χ1) is 18.3. The van der Waals surface area contributed by atoms with Crippen LogP contribution in [-0.4, -0.2) is 15.3 Å². The summed E-state index contributed by atoms with van der Waals surface area (Å²) in [6, 6.07) is 35.2. The second-order valence-corrected chi connectivity index (χ2v) is 9.81. The Morgan fingerprint density at radius 1 is 0.595 bits per heavy atom. The maximum atomic E-state index is 13.6. The quantitative estimate of drug-likeness (QED) is 0.260. The van der Waals surface area contributed by atoms with Crippen molar-refractivity contribution < 1.29 is 9.21 Å². The highest BCUT2D eigenvalue weighted by Crippen LogP contribution is 2.48. The van der Waals surface area contributed by atoms with Crippen LogP contribution in [0.4, 0.5) is 0 Å². The van der Waals surface area contributed by atoms with Crippen molar-refractivity contribution in [2.24, 2.45) is 0 Å². The number of hydrogen-bond acceptors (Lipinski definition) is 2. The lowest BCUT2D eigenvalue weighted by molar-refractivity contribution is 0.104. The van der Waals surface area contributed by atoms with Crippen LogP contribution < -0.4 is 0 Å². The standard InChI is InChI=1S/C33H18N2O2/c36-32-25-16-30(37-33(25)24-14-18-8-2-1-3-9-19(18)31(24)32)35-28-13-7-5-11-21(28)23-15-22-20-10-4-6-12-26(20)34-27(22)17-29(23)35/h1-17,34H. The Bertz CT molecular complexity index is 2220. The lowest BCUT2D eigenvalue weighted by Crippen LogP contribution is -1.96. The number of rotatable bonds is 1. The highest BCUT2D eigenvalue weighted by atomic mass is 16.4. The fourth-order valence-electron chi connectivity index (χ4n) is 6.25.